The lowest BCUT2D eigenvalue weighted by Crippen LogP contribution is -2.26. The van der Waals surface area contributed by atoms with Gasteiger partial charge in [-0.3, -0.25) is 9.79 Å². The lowest BCUT2D eigenvalue weighted by Gasteiger charge is -2.01. The monoisotopic (exact) mass is 158 g/mol. The van der Waals surface area contributed by atoms with Crippen molar-refractivity contribution < 1.29 is 4.79 Å². The molecule has 5 heteroatoms. The van der Waals surface area contributed by atoms with Crippen molar-refractivity contribution >= 4 is 23.4 Å². The van der Waals surface area contributed by atoms with Crippen LogP contribution in [0.4, 0.5) is 0 Å². The molecule has 2 heterocycles. The van der Waals surface area contributed by atoms with Crippen molar-refractivity contribution in [1.82, 2.24) is 0 Å². The summed E-state index contributed by atoms with van der Waals surface area (Å²) in [5.41, 5.74) is 0.594. The molecule has 12 heavy (non-hydrogen) atoms. The number of Topliss-reactive ketones (excluding diaryl/α,β-unsaturated/α-hetero) is 1. The molecule has 2 aliphatic heterocycles. The Labute approximate surface area is 67.4 Å². The number of allylic oxidation sites excluding steroid dienone is 1. The molecule has 5 nitrogen and oxygen atoms in total. The number of hydrogen-bond acceptors (Lipinski definition) is 5. The number of nitriles is 1. The number of carbonyl (C=O) groups excluding carboxylic acids is 1. The highest BCUT2D eigenvalue weighted by molar-refractivity contribution is 6.82. The van der Waals surface area contributed by atoms with Crippen LogP contribution in [0.3, 0.4) is 0 Å². The Balaban J connectivity index is 2.54. The first-order chi connectivity index (χ1) is 5.83. The fourth-order valence-electron chi connectivity index (χ4n) is 0.910. The zero-order valence-corrected chi connectivity index (χ0v) is 5.85. The summed E-state index contributed by atoms with van der Waals surface area (Å²) in [7, 11) is 0. The minimum atomic E-state index is -0.403. The highest BCUT2D eigenvalue weighted by Crippen LogP contribution is 2.08. The third kappa shape index (κ3) is 0.720. The highest BCUT2D eigenvalue weighted by atomic mass is 16.1. The van der Waals surface area contributed by atoms with Gasteiger partial charge in [0.1, 0.15) is 17.4 Å². The van der Waals surface area contributed by atoms with Gasteiger partial charge in [-0.15, -0.1) is 5.10 Å². The summed E-state index contributed by atoms with van der Waals surface area (Å²) in [4.78, 5) is 15.1. The average molecular weight is 158 g/mol. The molecule has 0 N–H and O–H groups in total. The standard InChI is InChI=1S/C7H2N4O/c8-1-4-2-9-5-3-10-11-6(5)7(4)12/h2-3H. The van der Waals surface area contributed by atoms with Gasteiger partial charge in [0, 0.05) is 6.20 Å². The van der Waals surface area contributed by atoms with Crippen molar-refractivity contribution in [2.75, 3.05) is 0 Å². The van der Waals surface area contributed by atoms with E-state index in [0.717, 1.165) is 0 Å². The summed E-state index contributed by atoms with van der Waals surface area (Å²) in [5, 5.41) is 15.5. The largest absolute Gasteiger partial charge is 0.286 e. The molecular formula is C7H2N4O. The molecule has 0 atom stereocenters. The van der Waals surface area contributed by atoms with Crippen molar-refractivity contribution in [3.8, 4) is 6.07 Å². The second kappa shape index (κ2) is 2.20. The summed E-state index contributed by atoms with van der Waals surface area (Å²) < 4.78 is 0. The zero-order chi connectivity index (χ0) is 8.55. The number of carbonyl (C=O) groups is 1. The molecule has 0 fully saturated rings. The second-order valence-electron chi connectivity index (χ2n) is 2.19. The Kier molecular flexibility index (Phi) is 1.21. The van der Waals surface area contributed by atoms with E-state index in [9.17, 15) is 4.79 Å². The van der Waals surface area contributed by atoms with Gasteiger partial charge in [-0.2, -0.15) is 10.4 Å². The third-order valence-electron chi connectivity index (χ3n) is 1.49. The maximum absolute atomic E-state index is 11.3. The van der Waals surface area contributed by atoms with Crippen molar-refractivity contribution in [2.45, 2.75) is 0 Å². The summed E-state index contributed by atoms with van der Waals surface area (Å²) in [6.45, 7) is 0. The minimum absolute atomic E-state index is 0.00278. The number of rotatable bonds is 0. The maximum atomic E-state index is 11.3. The van der Waals surface area contributed by atoms with Crippen molar-refractivity contribution in [3.05, 3.63) is 11.8 Å². The van der Waals surface area contributed by atoms with Gasteiger partial charge >= 0.3 is 0 Å². The van der Waals surface area contributed by atoms with Crippen LogP contribution in [0.5, 0.6) is 0 Å². The van der Waals surface area contributed by atoms with Crippen LogP contribution in [-0.4, -0.2) is 23.4 Å². The van der Waals surface area contributed by atoms with E-state index >= 15 is 0 Å². The predicted octanol–water partition coefficient (Wildman–Crippen LogP) is -0.142. The highest BCUT2D eigenvalue weighted by Gasteiger charge is 2.26. The minimum Gasteiger partial charge on any atom is -0.286 e. The van der Waals surface area contributed by atoms with E-state index in [4.69, 9.17) is 5.26 Å². The van der Waals surface area contributed by atoms with E-state index in [1.165, 1.54) is 12.4 Å². The first kappa shape index (κ1) is 6.61. The molecule has 0 bridgehead atoms. The average Bonchev–Trinajstić information content (AvgIpc) is 2.53. The summed E-state index contributed by atoms with van der Waals surface area (Å²) in [6.07, 6.45) is 2.62. The van der Waals surface area contributed by atoms with E-state index in [1.807, 2.05) is 0 Å². The summed E-state index contributed by atoms with van der Waals surface area (Å²) >= 11 is 0. The van der Waals surface area contributed by atoms with Crippen LogP contribution < -0.4 is 0 Å². The SMILES string of the molecule is N#CC1=CN=C2C=NN=C2C1=O. The first-order valence-corrected chi connectivity index (χ1v) is 3.17. The smallest absolute Gasteiger partial charge is 0.227 e. The van der Waals surface area contributed by atoms with Crippen molar-refractivity contribution in [3.63, 3.8) is 0 Å². The van der Waals surface area contributed by atoms with Gasteiger partial charge in [-0.1, -0.05) is 0 Å². The van der Waals surface area contributed by atoms with Crippen LogP contribution in [-0.2, 0) is 4.79 Å². The Morgan fingerprint density at radius 3 is 3.08 bits per heavy atom. The van der Waals surface area contributed by atoms with Gasteiger partial charge in [0.05, 0.1) is 6.21 Å². The second-order valence-corrected chi connectivity index (χ2v) is 2.19. The van der Waals surface area contributed by atoms with E-state index in [0.29, 0.717) is 5.71 Å². The molecule has 0 radical (unpaired) electrons. The van der Waals surface area contributed by atoms with E-state index in [2.05, 4.69) is 15.2 Å². The topological polar surface area (TPSA) is 77.9 Å². The molecule has 0 saturated carbocycles. The van der Waals surface area contributed by atoms with Crippen LogP contribution in [0.1, 0.15) is 0 Å². The van der Waals surface area contributed by atoms with Crippen molar-refractivity contribution in [1.29, 1.82) is 5.26 Å². The first-order valence-electron chi connectivity index (χ1n) is 3.17. The fraction of sp³-hybridized carbons (Fsp3) is 0. The van der Waals surface area contributed by atoms with E-state index in [1.54, 1.807) is 6.07 Å². The summed E-state index contributed by atoms with van der Waals surface area (Å²) in [5.74, 6) is -0.403. The number of hydrogen-bond donors (Lipinski definition) is 0. The van der Waals surface area contributed by atoms with E-state index < -0.39 is 5.78 Å². The number of aliphatic imine (C=N–C) groups is 1. The Morgan fingerprint density at radius 1 is 1.50 bits per heavy atom. The number of ketones is 1. The van der Waals surface area contributed by atoms with Crippen molar-refractivity contribution in [2.24, 2.45) is 15.2 Å². The normalized spacial score (nSPS) is 19.2. The van der Waals surface area contributed by atoms with E-state index in [-0.39, 0.29) is 11.3 Å². The molecule has 0 aromatic heterocycles. The lowest BCUT2D eigenvalue weighted by atomic mass is 10.0. The molecule has 0 unspecified atom stereocenters. The molecule has 2 rings (SSSR count). The van der Waals surface area contributed by atoms with Gasteiger partial charge < -0.3 is 0 Å². The van der Waals surface area contributed by atoms with Gasteiger partial charge in [0.2, 0.25) is 5.78 Å². The van der Waals surface area contributed by atoms with Crippen LogP contribution >= 0.6 is 0 Å². The van der Waals surface area contributed by atoms with Gasteiger partial charge in [0.15, 0.2) is 5.71 Å². The molecule has 0 spiro atoms. The fourth-order valence-corrected chi connectivity index (χ4v) is 0.910. The number of fused-ring (bicyclic) bond motifs is 1. The lowest BCUT2D eigenvalue weighted by molar-refractivity contribution is -0.109. The summed E-state index contributed by atoms with van der Waals surface area (Å²) in [6, 6.07) is 1.73. The quantitative estimate of drug-likeness (QED) is 0.491. The van der Waals surface area contributed by atoms with Gasteiger partial charge in [-0.05, 0) is 0 Å². The Bertz CT molecular complexity index is 419. The molecule has 0 saturated heterocycles. The van der Waals surface area contributed by atoms with Gasteiger partial charge in [0.25, 0.3) is 0 Å². The predicted molar refractivity (Wildman–Crippen MR) is 42.1 cm³/mol. The molecule has 0 aliphatic carbocycles. The molecular weight excluding hydrogens is 156 g/mol. The molecule has 2 aliphatic rings. The molecule has 0 aromatic carbocycles. The molecule has 56 valence electrons. The molecule has 0 aromatic rings. The Morgan fingerprint density at radius 2 is 2.33 bits per heavy atom. The zero-order valence-electron chi connectivity index (χ0n) is 5.85. The van der Waals surface area contributed by atoms with Crippen LogP contribution in [0.2, 0.25) is 0 Å². The maximum Gasteiger partial charge on any atom is 0.227 e. The third-order valence-corrected chi connectivity index (χ3v) is 1.49. The van der Waals surface area contributed by atoms with Crippen LogP contribution in [0, 0.1) is 11.3 Å². The number of nitrogens with zero attached hydrogens (tertiary/aromatic N) is 4. The van der Waals surface area contributed by atoms with Crippen LogP contribution in [0.25, 0.3) is 0 Å². The Hall–Kier alpha value is -2.09. The van der Waals surface area contributed by atoms with Gasteiger partial charge in [-0.25, -0.2) is 0 Å². The van der Waals surface area contributed by atoms with Crippen LogP contribution in [0.15, 0.2) is 27.0 Å². The molecule has 0 amide bonds.